The topological polar surface area (TPSA) is 45.9 Å². The number of methoxy groups -OCH3 is 1. The normalized spacial score (nSPS) is 14.8. The van der Waals surface area contributed by atoms with Crippen molar-refractivity contribution in [1.82, 2.24) is 19.5 Å². The van der Waals surface area contributed by atoms with Crippen molar-refractivity contribution in [1.29, 1.82) is 0 Å². The lowest BCUT2D eigenvalue weighted by atomic mass is 10.1. The van der Waals surface area contributed by atoms with Crippen molar-refractivity contribution >= 4 is 11.5 Å². The van der Waals surface area contributed by atoms with E-state index in [9.17, 15) is 4.39 Å². The fourth-order valence-corrected chi connectivity index (χ4v) is 3.51. The zero-order chi connectivity index (χ0) is 18.8. The number of benzene rings is 1. The Kier molecular flexibility index (Phi) is 4.94. The molecule has 1 aliphatic rings. The van der Waals surface area contributed by atoms with Crippen LogP contribution in [0.3, 0.4) is 0 Å². The molecule has 3 aromatic rings. The smallest absolute Gasteiger partial charge is 0.165 e. The van der Waals surface area contributed by atoms with Gasteiger partial charge in [-0.3, -0.25) is 0 Å². The standard InChI is InChI=1S/C20H24FN5O/c1-24(11-12-25-8-3-4-9-25)19-7-10-26-20(23-19)17(14-22-26)16-13-15(27-2)5-6-18(16)21/h5-7,10,13-14H,3-4,8-9,11-12H2,1-2H3. The van der Waals surface area contributed by atoms with Gasteiger partial charge in [-0.05, 0) is 50.2 Å². The van der Waals surface area contributed by atoms with E-state index in [1.54, 1.807) is 30.0 Å². The first-order valence-corrected chi connectivity index (χ1v) is 9.27. The number of likely N-dealkylation sites (N-methyl/N-ethyl adjacent to an activating group) is 1. The van der Waals surface area contributed by atoms with Gasteiger partial charge in [0.05, 0.1) is 13.3 Å². The van der Waals surface area contributed by atoms with Crippen molar-refractivity contribution in [2.24, 2.45) is 0 Å². The number of hydrogen-bond acceptors (Lipinski definition) is 5. The van der Waals surface area contributed by atoms with Crippen LogP contribution in [0.15, 0.2) is 36.7 Å². The molecule has 0 bridgehead atoms. The van der Waals surface area contributed by atoms with Gasteiger partial charge in [0.25, 0.3) is 0 Å². The van der Waals surface area contributed by atoms with Crippen LogP contribution in [0.4, 0.5) is 10.2 Å². The highest BCUT2D eigenvalue weighted by Gasteiger charge is 2.16. The summed E-state index contributed by atoms with van der Waals surface area (Å²) in [5.74, 6) is 1.14. The maximum atomic E-state index is 14.4. The number of ether oxygens (including phenoxy) is 1. The minimum atomic E-state index is -0.319. The van der Waals surface area contributed by atoms with Crippen LogP contribution in [0.2, 0.25) is 0 Å². The first-order chi connectivity index (χ1) is 13.2. The maximum absolute atomic E-state index is 14.4. The third kappa shape index (κ3) is 3.60. The summed E-state index contributed by atoms with van der Waals surface area (Å²) in [6.07, 6.45) is 6.10. The summed E-state index contributed by atoms with van der Waals surface area (Å²) in [6, 6.07) is 6.63. The molecule has 1 fully saturated rings. The Morgan fingerprint density at radius 2 is 2.00 bits per heavy atom. The molecule has 0 aliphatic carbocycles. The van der Waals surface area contributed by atoms with Gasteiger partial charge < -0.3 is 14.5 Å². The second kappa shape index (κ2) is 7.52. The van der Waals surface area contributed by atoms with Gasteiger partial charge in [0.1, 0.15) is 17.4 Å². The summed E-state index contributed by atoms with van der Waals surface area (Å²) in [4.78, 5) is 9.37. The summed E-state index contributed by atoms with van der Waals surface area (Å²) in [6.45, 7) is 4.30. The molecule has 142 valence electrons. The Balaban J connectivity index is 1.63. The van der Waals surface area contributed by atoms with Crippen LogP contribution in [0.25, 0.3) is 16.8 Å². The highest BCUT2D eigenvalue weighted by atomic mass is 19.1. The molecule has 1 saturated heterocycles. The van der Waals surface area contributed by atoms with Crippen LogP contribution in [0.1, 0.15) is 12.8 Å². The van der Waals surface area contributed by atoms with E-state index in [0.29, 0.717) is 22.5 Å². The molecule has 0 atom stereocenters. The van der Waals surface area contributed by atoms with Gasteiger partial charge >= 0.3 is 0 Å². The van der Waals surface area contributed by atoms with Crippen LogP contribution >= 0.6 is 0 Å². The van der Waals surface area contributed by atoms with E-state index in [0.717, 1.165) is 18.9 Å². The lowest BCUT2D eigenvalue weighted by Gasteiger charge is -2.22. The SMILES string of the molecule is COc1ccc(F)c(-c2cnn3ccc(N(C)CCN4CCCC4)nc23)c1. The van der Waals surface area contributed by atoms with Crippen molar-refractivity contribution in [2.45, 2.75) is 12.8 Å². The predicted octanol–water partition coefficient (Wildman–Crippen LogP) is 3.08. The molecule has 7 heteroatoms. The summed E-state index contributed by atoms with van der Waals surface area (Å²) in [7, 11) is 3.61. The van der Waals surface area contributed by atoms with E-state index in [4.69, 9.17) is 9.72 Å². The number of likely N-dealkylation sites (tertiary alicyclic amines) is 1. The number of halogens is 1. The number of hydrogen-bond donors (Lipinski definition) is 0. The number of aromatic nitrogens is 3. The molecule has 4 rings (SSSR count). The Hall–Kier alpha value is -2.67. The second-order valence-electron chi connectivity index (χ2n) is 6.93. The van der Waals surface area contributed by atoms with Gasteiger partial charge in [-0.25, -0.2) is 13.9 Å². The number of anilines is 1. The first-order valence-electron chi connectivity index (χ1n) is 9.27. The fraction of sp³-hybridized carbons (Fsp3) is 0.400. The molecule has 3 heterocycles. The van der Waals surface area contributed by atoms with Crippen LogP contribution < -0.4 is 9.64 Å². The van der Waals surface area contributed by atoms with E-state index in [2.05, 4.69) is 14.9 Å². The summed E-state index contributed by atoms with van der Waals surface area (Å²) >= 11 is 0. The van der Waals surface area contributed by atoms with Crippen LogP contribution in [0, 0.1) is 5.82 Å². The minimum absolute atomic E-state index is 0.319. The number of rotatable bonds is 6. The Morgan fingerprint density at radius 1 is 1.19 bits per heavy atom. The zero-order valence-corrected chi connectivity index (χ0v) is 15.7. The van der Waals surface area contributed by atoms with Crippen LogP contribution in [-0.2, 0) is 0 Å². The lowest BCUT2D eigenvalue weighted by Crippen LogP contribution is -2.31. The molecule has 6 nitrogen and oxygen atoms in total. The summed E-state index contributed by atoms with van der Waals surface area (Å²) in [5.41, 5.74) is 1.72. The molecule has 2 aromatic heterocycles. The van der Waals surface area contributed by atoms with Gasteiger partial charge in [-0.2, -0.15) is 5.10 Å². The van der Waals surface area contributed by atoms with Crippen molar-refractivity contribution in [3.63, 3.8) is 0 Å². The fourth-order valence-electron chi connectivity index (χ4n) is 3.51. The Labute approximate surface area is 158 Å². The van der Waals surface area contributed by atoms with E-state index in [1.165, 1.54) is 32.0 Å². The molecule has 0 radical (unpaired) electrons. The van der Waals surface area contributed by atoms with E-state index in [-0.39, 0.29) is 5.82 Å². The largest absolute Gasteiger partial charge is 0.497 e. The number of nitrogens with zero attached hydrogens (tertiary/aromatic N) is 5. The van der Waals surface area contributed by atoms with Gasteiger partial charge in [0.15, 0.2) is 5.65 Å². The monoisotopic (exact) mass is 369 g/mol. The molecule has 27 heavy (non-hydrogen) atoms. The van der Waals surface area contributed by atoms with Gasteiger partial charge in [0, 0.05) is 37.5 Å². The summed E-state index contributed by atoms with van der Waals surface area (Å²) in [5, 5.41) is 4.32. The van der Waals surface area contributed by atoms with Crippen molar-refractivity contribution < 1.29 is 9.13 Å². The molecular formula is C20H24FN5O. The third-order valence-electron chi connectivity index (χ3n) is 5.16. The Bertz CT molecular complexity index is 935. The summed E-state index contributed by atoms with van der Waals surface area (Å²) < 4.78 is 21.3. The molecule has 0 saturated carbocycles. The molecule has 0 N–H and O–H groups in total. The molecule has 0 unspecified atom stereocenters. The lowest BCUT2D eigenvalue weighted by molar-refractivity contribution is 0.346. The van der Waals surface area contributed by atoms with Gasteiger partial charge in [-0.1, -0.05) is 0 Å². The predicted molar refractivity (Wildman–Crippen MR) is 104 cm³/mol. The molecule has 0 spiro atoms. The highest BCUT2D eigenvalue weighted by Crippen LogP contribution is 2.30. The highest BCUT2D eigenvalue weighted by molar-refractivity contribution is 5.78. The maximum Gasteiger partial charge on any atom is 0.165 e. The minimum Gasteiger partial charge on any atom is -0.497 e. The van der Waals surface area contributed by atoms with E-state index < -0.39 is 0 Å². The third-order valence-corrected chi connectivity index (χ3v) is 5.16. The quantitative estimate of drug-likeness (QED) is 0.668. The average molecular weight is 369 g/mol. The molecule has 1 aromatic carbocycles. The molecule has 1 aliphatic heterocycles. The van der Waals surface area contributed by atoms with E-state index >= 15 is 0 Å². The zero-order valence-electron chi connectivity index (χ0n) is 15.7. The average Bonchev–Trinajstić information content (AvgIpc) is 3.36. The molecule has 0 amide bonds. The first kappa shape index (κ1) is 17.7. The van der Waals surface area contributed by atoms with Crippen LogP contribution in [0.5, 0.6) is 5.75 Å². The second-order valence-corrected chi connectivity index (χ2v) is 6.93. The van der Waals surface area contributed by atoms with Gasteiger partial charge in [0.2, 0.25) is 0 Å². The van der Waals surface area contributed by atoms with Crippen molar-refractivity contribution in [3.05, 3.63) is 42.5 Å². The van der Waals surface area contributed by atoms with Gasteiger partial charge in [-0.15, -0.1) is 0 Å². The van der Waals surface area contributed by atoms with E-state index in [1.807, 2.05) is 19.3 Å². The van der Waals surface area contributed by atoms with Crippen LogP contribution in [-0.4, -0.2) is 59.8 Å². The van der Waals surface area contributed by atoms with Crippen molar-refractivity contribution in [3.8, 4) is 16.9 Å². The molecular weight excluding hydrogens is 345 g/mol. The Morgan fingerprint density at radius 3 is 2.78 bits per heavy atom. The van der Waals surface area contributed by atoms with Crippen molar-refractivity contribution in [2.75, 3.05) is 45.2 Å². The number of fused-ring (bicyclic) bond motifs is 1.